The molecule has 2 aromatic carbocycles. The zero-order valence-corrected chi connectivity index (χ0v) is 18.0. The van der Waals surface area contributed by atoms with Gasteiger partial charge in [-0.2, -0.15) is 0 Å². The molecule has 2 aromatic rings. The number of rotatable bonds is 10. The number of benzene rings is 2. The molecule has 0 bridgehead atoms. The van der Waals surface area contributed by atoms with Crippen LogP contribution in [0.25, 0.3) is 0 Å². The molecule has 30 heavy (non-hydrogen) atoms. The van der Waals surface area contributed by atoms with Crippen LogP contribution in [0.3, 0.4) is 0 Å². The van der Waals surface area contributed by atoms with Gasteiger partial charge in [0.25, 0.3) is 0 Å². The third-order valence-electron chi connectivity index (χ3n) is 4.28. The Morgan fingerprint density at radius 3 is 2.17 bits per heavy atom. The minimum Gasteiger partial charge on any atom is -0.508 e. The first-order chi connectivity index (χ1) is 14.5. The summed E-state index contributed by atoms with van der Waals surface area (Å²) in [5, 5.41) is 11.9. The zero-order valence-electron chi connectivity index (χ0n) is 16.5. The Morgan fingerprint density at radius 2 is 1.63 bits per heavy atom. The van der Waals surface area contributed by atoms with Crippen molar-refractivity contribution in [3.63, 3.8) is 0 Å². The lowest BCUT2D eigenvalue weighted by Crippen LogP contribution is -2.44. The minimum absolute atomic E-state index is 0.111. The molecule has 0 aromatic heterocycles. The molecule has 162 valence electrons. The highest BCUT2D eigenvalue weighted by molar-refractivity contribution is 6.18. The van der Waals surface area contributed by atoms with Crippen molar-refractivity contribution >= 4 is 41.0 Å². The molecule has 1 unspecified atom stereocenters. The van der Waals surface area contributed by atoms with Crippen LogP contribution < -0.4 is 15.0 Å². The van der Waals surface area contributed by atoms with Crippen molar-refractivity contribution in [3.8, 4) is 11.5 Å². The Labute approximate surface area is 185 Å². The van der Waals surface area contributed by atoms with Crippen LogP contribution in [-0.2, 0) is 16.0 Å². The Hall–Kier alpha value is -2.64. The van der Waals surface area contributed by atoms with Gasteiger partial charge in [0.1, 0.15) is 17.5 Å². The molecule has 2 N–H and O–H groups in total. The fraction of sp³-hybridized carbons (Fsp3) is 0.333. The van der Waals surface area contributed by atoms with E-state index in [9.17, 15) is 14.7 Å². The second kappa shape index (κ2) is 12.1. The van der Waals surface area contributed by atoms with Gasteiger partial charge in [0.05, 0.1) is 7.11 Å². The molecule has 2 rings (SSSR count). The number of nitrogens with one attached hydrogen (secondary N) is 1. The van der Waals surface area contributed by atoms with Crippen LogP contribution in [0.5, 0.6) is 11.5 Å². The van der Waals surface area contributed by atoms with Gasteiger partial charge in [-0.3, -0.25) is 0 Å². The first-order valence-electron chi connectivity index (χ1n) is 9.27. The molecule has 0 aliphatic carbocycles. The number of hydrogen-bond acceptors (Lipinski definition) is 6. The van der Waals surface area contributed by atoms with Gasteiger partial charge in [-0.05, 0) is 42.0 Å². The quantitative estimate of drug-likeness (QED) is 0.421. The van der Waals surface area contributed by atoms with Gasteiger partial charge in [-0.15, -0.1) is 23.2 Å². The third-order valence-corrected chi connectivity index (χ3v) is 4.61. The van der Waals surface area contributed by atoms with Crippen LogP contribution in [0, 0.1) is 0 Å². The number of nitrogens with zero attached hydrogens (tertiary/aromatic N) is 1. The van der Waals surface area contributed by atoms with E-state index in [1.807, 2.05) is 4.90 Å². The summed E-state index contributed by atoms with van der Waals surface area (Å²) in [5.41, 5.74) is 1.65. The second-order valence-electron chi connectivity index (χ2n) is 6.34. The summed E-state index contributed by atoms with van der Waals surface area (Å²) in [4.78, 5) is 26.4. The van der Waals surface area contributed by atoms with Gasteiger partial charge in [-0.1, -0.05) is 12.1 Å². The molecule has 1 atom stereocenters. The first kappa shape index (κ1) is 23.6. The van der Waals surface area contributed by atoms with Gasteiger partial charge in [0, 0.05) is 37.0 Å². The molecule has 0 radical (unpaired) electrons. The Morgan fingerprint density at radius 1 is 1.03 bits per heavy atom. The molecule has 0 saturated heterocycles. The molecular weight excluding hydrogens is 431 g/mol. The van der Waals surface area contributed by atoms with E-state index < -0.39 is 18.1 Å². The Kier molecular flexibility index (Phi) is 9.57. The number of carbonyl (C=O) groups is 2. The second-order valence-corrected chi connectivity index (χ2v) is 7.10. The minimum atomic E-state index is -0.936. The molecule has 7 nitrogen and oxygen atoms in total. The summed E-state index contributed by atoms with van der Waals surface area (Å²) in [7, 11) is 1.24. The van der Waals surface area contributed by atoms with Crippen LogP contribution in [-0.4, -0.2) is 55.2 Å². The molecule has 9 heteroatoms. The number of hydrogen-bond donors (Lipinski definition) is 2. The SMILES string of the molecule is COC(=O)C(Cc1ccc(O)cc1)NC(=O)Oc1ccc(N(CCCl)CCCl)cc1. The largest absolute Gasteiger partial charge is 0.508 e. The predicted molar refractivity (Wildman–Crippen MR) is 117 cm³/mol. The maximum atomic E-state index is 12.3. The monoisotopic (exact) mass is 454 g/mol. The van der Waals surface area contributed by atoms with Crippen LogP contribution in [0.1, 0.15) is 5.56 Å². The van der Waals surface area contributed by atoms with E-state index in [4.69, 9.17) is 32.7 Å². The smallest absolute Gasteiger partial charge is 0.413 e. The lowest BCUT2D eigenvalue weighted by molar-refractivity contribution is -0.142. The fourth-order valence-corrected chi connectivity index (χ4v) is 3.19. The number of amides is 1. The van der Waals surface area contributed by atoms with Crippen molar-refractivity contribution in [2.24, 2.45) is 0 Å². The van der Waals surface area contributed by atoms with Gasteiger partial charge in [-0.25, -0.2) is 9.59 Å². The molecule has 0 aliphatic heterocycles. The van der Waals surface area contributed by atoms with E-state index in [1.54, 1.807) is 36.4 Å². The average Bonchev–Trinajstić information content (AvgIpc) is 2.74. The highest BCUT2D eigenvalue weighted by Crippen LogP contribution is 2.20. The number of ether oxygens (including phenoxy) is 2. The van der Waals surface area contributed by atoms with Gasteiger partial charge in [0.2, 0.25) is 0 Å². The van der Waals surface area contributed by atoms with E-state index in [0.29, 0.717) is 30.6 Å². The molecule has 1 amide bonds. The van der Waals surface area contributed by atoms with Crippen molar-refractivity contribution in [2.75, 3.05) is 36.9 Å². The normalized spacial score (nSPS) is 11.4. The van der Waals surface area contributed by atoms with Crippen LogP contribution >= 0.6 is 23.2 Å². The average molecular weight is 455 g/mol. The highest BCUT2D eigenvalue weighted by atomic mass is 35.5. The molecule has 0 fully saturated rings. The number of carbonyl (C=O) groups excluding carboxylic acids is 2. The fourth-order valence-electron chi connectivity index (χ4n) is 2.78. The summed E-state index contributed by atoms with van der Waals surface area (Å²) in [6.45, 7) is 1.29. The standard InChI is InChI=1S/C21H24Cl2N2O5/c1-29-20(27)19(14-15-2-6-17(26)7-3-15)24-21(28)30-18-8-4-16(5-9-18)25(12-10-22)13-11-23/h2-9,19,26H,10-14H2,1H3,(H,24,28). The highest BCUT2D eigenvalue weighted by Gasteiger charge is 2.23. The van der Waals surface area contributed by atoms with E-state index in [0.717, 1.165) is 11.3 Å². The lowest BCUT2D eigenvalue weighted by Gasteiger charge is -2.23. The van der Waals surface area contributed by atoms with Crippen molar-refractivity contribution < 1.29 is 24.2 Å². The molecule has 0 spiro atoms. The molecule has 0 saturated carbocycles. The number of halogens is 2. The maximum Gasteiger partial charge on any atom is 0.413 e. The van der Waals surface area contributed by atoms with Crippen LogP contribution in [0.15, 0.2) is 48.5 Å². The molecular formula is C21H24Cl2N2O5. The number of methoxy groups -OCH3 is 1. The van der Waals surface area contributed by atoms with Gasteiger partial charge in [0.15, 0.2) is 0 Å². The Balaban J connectivity index is 2.00. The summed E-state index contributed by atoms with van der Waals surface area (Å²) in [6.07, 6.45) is -0.595. The van der Waals surface area contributed by atoms with Crippen molar-refractivity contribution in [1.82, 2.24) is 5.32 Å². The van der Waals surface area contributed by atoms with E-state index in [2.05, 4.69) is 5.32 Å². The predicted octanol–water partition coefficient (Wildman–Crippen LogP) is 3.55. The van der Waals surface area contributed by atoms with Gasteiger partial charge < -0.3 is 24.8 Å². The van der Waals surface area contributed by atoms with Crippen molar-refractivity contribution in [1.29, 1.82) is 0 Å². The number of phenolic OH excluding ortho intramolecular Hbond substituents is 1. The maximum absolute atomic E-state index is 12.3. The number of aromatic hydroxyl groups is 1. The van der Waals surface area contributed by atoms with Crippen LogP contribution in [0.4, 0.5) is 10.5 Å². The van der Waals surface area contributed by atoms with E-state index >= 15 is 0 Å². The third kappa shape index (κ3) is 7.31. The number of anilines is 1. The Bertz CT molecular complexity index is 809. The van der Waals surface area contributed by atoms with E-state index in [-0.39, 0.29) is 12.2 Å². The summed E-state index contributed by atoms with van der Waals surface area (Å²) >= 11 is 11.6. The van der Waals surface area contributed by atoms with Gasteiger partial charge >= 0.3 is 12.1 Å². The topological polar surface area (TPSA) is 88.1 Å². The van der Waals surface area contributed by atoms with Crippen LogP contribution in [0.2, 0.25) is 0 Å². The summed E-state index contributed by atoms with van der Waals surface area (Å²) in [5.74, 6) is 0.760. The molecule has 0 heterocycles. The van der Waals surface area contributed by atoms with E-state index in [1.165, 1.54) is 19.2 Å². The number of esters is 1. The zero-order chi connectivity index (χ0) is 21.9. The van der Waals surface area contributed by atoms with Crippen molar-refractivity contribution in [3.05, 3.63) is 54.1 Å². The summed E-state index contributed by atoms with van der Waals surface area (Å²) < 4.78 is 10.0. The number of phenols is 1. The lowest BCUT2D eigenvalue weighted by atomic mass is 10.1. The first-order valence-corrected chi connectivity index (χ1v) is 10.3. The number of alkyl halides is 2. The van der Waals surface area contributed by atoms with Crippen molar-refractivity contribution in [2.45, 2.75) is 12.5 Å². The summed E-state index contributed by atoms with van der Waals surface area (Å²) in [6, 6.07) is 12.3. The molecule has 0 aliphatic rings.